The van der Waals surface area contributed by atoms with E-state index in [1.54, 1.807) is 0 Å². The average Bonchev–Trinajstić information content (AvgIpc) is 2.15. The zero-order valence-corrected chi connectivity index (χ0v) is 12.0. The summed E-state index contributed by atoms with van der Waals surface area (Å²) in [7, 11) is -2.22. The second-order valence-electron chi connectivity index (χ2n) is 4.46. The van der Waals surface area contributed by atoms with Crippen LogP contribution >= 0.6 is 15.1 Å². The van der Waals surface area contributed by atoms with E-state index in [0.717, 1.165) is 11.7 Å². The van der Waals surface area contributed by atoms with E-state index >= 15 is 0 Å². The van der Waals surface area contributed by atoms with E-state index in [-0.39, 0.29) is 7.92 Å². The molecule has 0 saturated heterocycles. The van der Waals surface area contributed by atoms with Gasteiger partial charge in [-0.05, 0) is 56.1 Å². The molecule has 0 atom stereocenters. The van der Waals surface area contributed by atoms with Crippen molar-refractivity contribution in [3.63, 3.8) is 0 Å². The van der Waals surface area contributed by atoms with E-state index in [1.807, 2.05) is 13.3 Å². The molecule has 0 N–H and O–H groups in total. The normalized spacial score (nSPS) is 12.1. The molecule has 1 aromatic rings. The summed E-state index contributed by atoms with van der Waals surface area (Å²) in [5.41, 5.74) is 1.31. The average molecular weight is 242 g/mol. The highest BCUT2D eigenvalue weighted by Gasteiger charge is 2.13. The monoisotopic (exact) mass is 242 g/mol. The smallest absolute Gasteiger partial charge is 0.109 e. The molecule has 0 aliphatic heterocycles. The molecule has 0 unspecified atom stereocenters. The Balaban J connectivity index is 3.30. The summed E-state index contributed by atoms with van der Waals surface area (Å²) in [5.74, 6) is 0. The molecule has 0 saturated carbocycles. The van der Waals surface area contributed by atoms with Crippen LogP contribution in [0.15, 0.2) is 18.2 Å². The first-order valence-electron chi connectivity index (χ1n) is 5.21. The van der Waals surface area contributed by atoms with Gasteiger partial charge in [0.1, 0.15) is 7.14 Å². The van der Waals surface area contributed by atoms with Crippen LogP contribution in [0, 0.1) is 0 Å². The standard InChI is InChI=1S/C12H20OP2/c1-6-10-7-11(14(2)3)9-12(8-10)15(4,5)13/h7-9H,6H2,1-5H3. The molecule has 0 spiro atoms. The molecule has 0 aliphatic rings. The van der Waals surface area contributed by atoms with Crippen LogP contribution in [0.2, 0.25) is 0 Å². The Bertz CT molecular complexity index is 391. The minimum Gasteiger partial charge on any atom is -0.319 e. The predicted octanol–water partition coefficient (Wildman–Crippen LogP) is 2.86. The molecule has 0 aliphatic carbocycles. The lowest BCUT2D eigenvalue weighted by atomic mass is 10.2. The molecule has 1 rings (SSSR count). The Kier molecular flexibility index (Phi) is 4.15. The summed E-state index contributed by atoms with van der Waals surface area (Å²) in [5, 5.41) is 2.40. The molecular formula is C12H20OP2. The van der Waals surface area contributed by atoms with Gasteiger partial charge in [-0.1, -0.05) is 20.9 Å². The van der Waals surface area contributed by atoms with Gasteiger partial charge in [-0.25, -0.2) is 0 Å². The maximum Gasteiger partial charge on any atom is 0.109 e. The Morgan fingerprint density at radius 1 is 1.20 bits per heavy atom. The third-order valence-corrected chi connectivity index (χ3v) is 5.30. The van der Waals surface area contributed by atoms with Gasteiger partial charge in [0.05, 0.1) is 0 Å². The minimum atomic E-state index is -2.11. The molecule has 1 nitrogen and oxygen atoms in total. The second-order valence-corrected chi connectivity index (χ2v) is 9.98. The Morgan fingerprint density at radius 2 is 1.80 bits per heavy atom. The zero-order chi connectivity index (χ0) is 11.6. The number of aryl methyl sites for hydroxylation is 1. The van der Waals surface area contributed by atoms with Gasteiger partial charge in [-0.2, -0.15) is 0 Å². The van der Waals surface area contributed by atoms with E-state index in [0.29, 0.717) is 0 Å². The van der Waals surface area contributed by atoms with Crippen molar-refractivity contribution in [1.82, 2.24) is 0 Å². The van der Waals surface area contributed by atoms with Crippen LogP contribution in [0.5, 0.6) is 0 Å². The lowest BCUT2D eigenvalue weighted by molar-refractivity contribution is 0.588. The quantitative estimate of drug-likeness (QED) is 0.745. The van der Waals surface area contributed by atoms with Crippen LogP contribution < -0.4 is 10.6 Å². The number of hydrogen-bond acceptors (Lipinski definition) is 1. The van der Waals surface area contributed by atoms with Crippen molar-refractivity contribution in [2.24, 2.45) is 0 Å². The summed E-state index contributed by atoms with van der Waals surface area (Å²) in [4.78, 5) is 0. The fraction of sp³-hybridized carbons (Fsp3) is 0.500. The molecule has 15 heavy (non-hydrogen) atoms. The molecule has 3 heteroatoms. The lowest BCUT2D eigenvalue weighted by Crippen LogP contribution is -2.13. The highest BCUT2D eigenvalue weighted by Crippen LogP contribution is 2.35. The molecule has 0 amide bonds. The van der Waals surface area contributed by atoms with Crippen molar-refractivity contribution in [3.05, 3.63) is 23.8 Å². The van der Waals surface area contributed by atoms with Gasteiger partial charge in [-0.15, -0.1) is 0 Å². The first-order chi connectivity index (χ1) is 6.84. The summed E-state index contributed by atoms with van der Waals surface area (Å²) >= 11 is 0. The van der Waals surface area contributed by atoms with E-state index < -0.39 is 7.14 Å². The molecule has 0 fully saturated rings. The molecule has 0 heterocycles. The summed E-state index contributed by atoms with van der Waals surface area (Å²) in [6.45, 7) is 10.3. The lowest BCUT2D eigenvalue weighted by Gasteiger charge is -2.14. The minimum absolute atomic E-state index is 0.102. The first-order valence-corrected chi connectivity index (χ1v) is 10.0. The zero-order valence-electron chi connectivity index (χ0n) is 10.2. The topological polar surface area (TPSA) is 17.1 Å². The largest absolute Gasteiger partial charge is 0.319 e. The maximum absolute atomic E-state index is 12.1. The van der Waals surface area contributed by atoms with Crippen LogP contribution in [0.4, 0.5) is 0 Å². The van der Waals surface area contributed by atoms with Crippen LogP contribution in [-0.4, -0.2) is 26.7 Å². The first kappa shape index (κ1) is 12.9. The van der Waals surface area contributed by atoms with Gasteiger partial charge in [-0.3, -0.25) is 0 Å². The van der Waals surface area contributed by atoms with Gasteiger partial charge in [0, 0.05) is 5.30 Å². The van der Waals surface area contributed by atoms with Gasteiger partial charge < -0.3 is 4.57 Å². The van der Waals surface area contributed by atoms with Crippen LogP contribution in [0.25, 0.3) is 0 Å². The summed E-state index contributed by atoms with van der Waals surface area (Å²) in [6, 6.07) is 6.49. The van der Waals surface area contributed by atoms with Crippen molar-refractivity contribution >= 4 is 25.7 Å². The van der Waals surface area contributed by atoms with Crippen LogP contribution in [0.3, 0.4) is 0 Å². The fourth-order valence-corrected chi connectivity index (χ4v) is 3.28. The van der Waals surface area contributed by atoms with Gasteiger partial charge in [0.25, 0.3) is 0 Å². The predicted molar refractivity (Wildman–Crippen MR) is 73.3 cm³/mol. The van der Waals surface area contributed by atoms with E-state index in [1.165, 1.54) is 10.9 Å². The number of hydrogen-bond donors (Lipinski definition) is 0. The number of benzene rings is 1. The third kappa shape index (κ3) is 3.44. The number of rotatable bonds is 3. The highest BCUT2D eigenvalue weighted by molar-refractivity contribution is 7.70. The second kappa shape index (κ2) is 4.81. The van der Waals surface area contributed by atoms with Crippen LogP contribution in [-0.2, 0) is 11.0 Å². The molecular weight excluding hydrogens is 222 g/mol. The van der Waals surface area contributed by atoms with E-state index in [4.69, 9.17) is 0 Å². The van der Waals surface area contributed by atoms with Gasteiger partial charge in [0.15, 0.2) is 0 Å². The van der Waals surface area contributed by atoms with Crippen molar-refractivity contribution in [1.29, 1.82) is 0 Å². The van der Waals surface area contributed by atoms with E-state index in [2.05, 4.69) is 38.5 Å². The highest BCUT2D eigenvalue weighted by atomic mass is 31.2. The van der Waals surface area contributed by atoms with Gasteiger partial charge in [0.2, 0.25) is 0 Å². The van der Waals surface area contributed by atoms with Crippen molar-refractivity contribution in [2.45, 2.75) is 13.3 Å². The summed E-state index contributed by atoms with van der Waals surface area (Å²) < 4.78 is 12.1. The SMILES string of the molecule is CCc1cc(P(C)C)cc(P(C)(C)=O)c1. The molecule has 0 aromatic heterocycles. The Hall–Kier alpha value is -0.120. The summed E-state index contributed by atoms with van der Waals surface area (Å²) in [6.07, 6.45) is 1.02. The Labute approximate surface area is 94.4 Å². The van der Waals surface area contributed by atoms with Crippen LogP contribution in [0.1, 0.15) is 12.5 Å². The Morgan fingerprint density at radius 3 is 2.20 bits per heavy atom. The third-order valence-electron chi connectivity index (χ3n) is 2.51. The fourth-order valence-electron chi connectivity index (χ4n) is 1.43. The molecule has 0 bridgehead atoms. The maximum atomic E-state index is 12.1. The van der Waals surface area contributed by atoms with Crippen molar-refractivity contribution in [2.75, 3.05) is 26.7 Å². The van der Waals surface area contributed by atoms with Crippen molar-refractivity contribution in [3.8, 4) is 0 Å². The molecule has 84 valence electrons. The van der Waals surface area contributed by atoms with Crippen molar-refractivity contribution < 1.29 is 4.57 Å². The van der Waals surface area contributed by atoms with Gasteiger partial charge >= 0.3 is 0 Å². The molecule has 0 radical (unpaired) electrons. The molecule has 1 aromatic carbocycles. The van der Waals surface area contributed by atoms with E-state index in [9.17, 15) is 4.57 Å².